The summed E-state index contributed by atoms with van der Waals surface area (Å²) >= 11 is 1.48. The van der Waals surface area contributed by atoms with E-state index in [-0.39, 0.29) is 30.6 Å². The lowest BCUT2D eigenvalue weighted by atomic mass is 10.2. The zero-order valence-corrected chi connectivity index (χ0v) is 12.3. The minimum atomic E-state index is -0.529. The highest BCUT2D eigenvalue weighted by Gasteiger charge is 2.31. The van der Waals surface area contributed by atoms with Crippen molar-refractivity contribution in [1.29, 1.82) is 0 Å². The Balaban J connectivity index is 1.76. The Morgan fingerprint density at radius 3 is 2.64 bits per heavy atom. The van der Waals surface area contributed by atoms with E-state index < -0.39 is 5.82 Å². The first-order valence-corrected chi connectivity index (χ1v) is 7.46. The van der Waals surface area contributed by atoms with E-state index in [1.807, 2.05) is 17.5 Å². The molecule has 0 N–H and O–H groups in total. The SMILES string of the molecule is O=C1CN(c2ccccc2F)C(=O)CN1/N=C\c1cccs1. The normalized spacial score (nSPS) is 15.9. The van der Waals surface area contributed by atoms with Crippen molar-refractivity contribution in [1.82, 2.24) is 5.01 Å². The lowest BCUT2D eigenvalue weighted by Gasteiger charge is -2.31. The van der Waals surface area contributed by atoms with Crippen LogP contribution in [0.15, 0.2) is 46.9 Å². The third kappa shape index (κ3) is 2.89. The van der Waals surface area contributed by atoms with E-state index in [9.17, 15) is 14.0 Å². The largest absolute Gasteiger partial charge is 0.298 e. The Morgan fingerprint density at radius 2 is 1.91 bits per heavy atom. The van der Waals surface area contributed by atoms with E-state index in [1.54, 1.807) is 6.07 Å². The van der Waals surface area contributed by atoms with Crippen LogP contribution in [0.2, 0.25) is 0 Å². The molecule has 2 heterocycles. The molecule has 0 atom stereocenters. The van der Waals surface area contributed by atoms with Crippen LogP contribution in [0.3, 0.4) is 0 Å². The number of amides is 2. The summed E-state index contributed by atoms with van der Waals surface area (Å²) in [6.45, 7) is -0.420. The van der Waals surface area contributed by atoms with Crippen molar-refractivity contribution in [2.75, 3.05) is 18.0 Å². The maximum absolute atomic E-state index is 13.8. The van der Waals surface area contributed by atoms with Gasteiger partial charge >= 0.3 is 0 Å². The second-order valence-corrected chi connectivity index (χ2v) is 5.62. The fourth-order valence-electron chi connectivity index (χ4n) is 2.09. The molecule has 1 aliphatic heterocycles. The van der Waals surface area contributed by atoms with Crippen LogP contribution in [0, 0.1) is 5.82 Å². The molecule has 0 aliphatic carbocycles. The number of benzene rings is 1. The number of anilines is 1. The average Bonchev–Trinajstić information content (AvgIpc) is 3.02. The lowest BCUT2D eigenvalue weighted by Crippen LogP contribution is -2.52. The fraction of sp³-hybridized carbons (Fsp3) is 0.133. The first kappa shape index (κ1) is 14.4. The zero-order chi connectivity index (χ0) is 15.5. The molecule has 7 heteroatoms. The third-order valence-electron chi connectivity index (χ3n) is 3.18. The smallest absolute Gasteiger partial charge is 0.263 e. The van der Waals surface area contributed by atoms with Crippen LogP contribution in [-0.4, -0.2) is 36.1 Å². The monoisotopic (exact) mass is 317 g/mol. The molecular formula is C15H12FN3O2S. The molecule has 0 radical (unpaired) electrons. The summed E-state index contributed by atoms with van der Waals surface area (Å²) in [5, 5.41) is 7.04. The Labute approximate surface area is 130 Å². The highest BCUT2D eigenvalue weighted by atomic mass is 32.1. The first-order chi connectivity index (χ1) is 10.6. The van der Waals surface area contributed by atoms with Crippen molar-refractivity contribution >= 4 is 35.1 Å². The van der Waals surface area contributed by atoms with Crippen LogP contribution in [0.5, 0.6) is 0 Å². The number of hydrazone groups is 1. The summed E-state index contributed by atoms with van der Waals surface area (Å²) in [5.74, 6) is -1.25. The molecule has 1 aromatic heterocycles. The number of rotatable bonds is 3. The first-order valence-electron chi connectivity index (χ1n) is 6.58. The standard InChI is InChI=1S/C15H12FN3O2S/c16-12-5-1-2-6-13(12)18-9-15(21)19(10-14(18)20)17-8-11-4-3-7-22-11/h1-8H,9-10H2/b17-8-. The number of thiophene rings is 1. The van der Waals surface area contributed by atoms with E-state index in [1.165, 1.54) is 35.8 Å². The molecule has 0 spiro atoms. The van der Waals surface area contributed by atoms with Gasteiger partial charge in [0.25, 0.3) is 5.91 Å². The number of carbonyl (C=O) groups is 2. The molecule has 2 aromatic rings. The Kier molecular flexibility index (Phi) is 3.97. The molecule has 22 heavy (non-hydrogen) atoms. The molecule has 1 aromatic carbocycles. The van der Waals surface area contributed by atoms with Gasteiger partial charge in [-0.2, -0.15) is 5.10 Å². The van der Waals surface area contributed by atoms with E-state index in [4.69, 9.17) is 0 Å². The summed E-state index contributed by atoms with van der Waals surface area (Å²) in [7, 11) is 0. The molecule has 5 nitrogen and oxygen atoms in total. The predicted molar refractivity (Wildman–Crippen MR) is 82.4 cm³/mol. The second-order valence-electron chi connectivity index (χ2n) is 4.64. The van der Waals surface area contributed by atoms with Gasteiger partial charge in [-0.25, -0.2) is 9.40 Å². The summed E-state index contributed by atoms with van der Waals surface area (Å²) in [5.41, 5.74) is 0.114. The maximum atomic E-state index is 13.8. The number of hydrogen-bond acceptors (Lipinski definition) is 4. The summed E-state index contributed by atoms with van der Waals surface area (Å²) < 4.78 is 13.8. The maximum Gasteiger partial charge on any atom is 0.263 e. The molecule has 3 rings (SSSR count). The van der Waals surface area contributed by atoms with Crippen molar-refractivity contribution < 1.29 is 14.0 Å². The van der Waals surface area contributed by atoms with Gasteiger partial charge in [0.2, 0.25) is 5.91 Å². The Hall–Kier alpha value is -2.54. The van der Waals surface area contributed by atoms with E-state index in [0.717, 1.165) is 14.8 Å². The van der Waals surface area contributed by atoms with Crippen molar-refractivity contribution in [3.05, 3.63) is 52.5 Å². The molecular weight excluding hydrogens is 305 g/mol. The van der Waals surface area contributed by atoms with Crippen LogP contribution in [0.25, 0.3) is 0 Å². The summed E-state index contributed by atoms with van der Waals surface area (Å²) in [6.07, 6.45) is 1.54. The molecule has 112 valence electrons. The van der Waals surface area contributed by atoms with Gasteiger partial charge in [0.15, 0.2) is 0 Å². The molecule has 0 unspecified atom stereocenters. The van der Waals surface area contributed by atoms with E-state index >= 15 is 0 Å². The summed E-state index contributed by atoms with van der Waals surface area (Å²) in [4.78, 5) is 26.3. The van der Waals surface area contributed by atoms with E-state index in [0.29, 0.717) is 0 Å². The van der Waals surface area contributed by atoms with Crippen LogP contribution in [-0.2, 0) is 9.59 Å². The zero-order valence-electron chi connectivity index (χ0n) is 11.5. The molecule has 2 amide bonds. The lowest BCUT2D eigenvalue weighted by molar-refractivity contribution is -0.138. The molecule has 0 bridgehead atoms. The van der Waals surface area contributed by atoms with Gasteiger partial charge in [-0.15, -0.1) is 11.3 Å². The van der Waals surface area contributed by atoms with Crippen LogP contribution in [0.4, 0.5) is 10.1 Å². The van der Waals surface area contributed by atoms with Crippen molar-refractivity contribution in [3.8, 4) is 0 Å². The van der Waals surface area contributed by atoms with Crippen molar-refractivity contribution in [2.45, 2.75) is 0 Å². The third-order valence-corrected chi connectivity index (χ3v) is 3.99. The second kappa shape index (κ2) is 6.07. The minimum Gasteiger partial charge on any atom is -0.298 e. The number of para-hydroxylation sites is 1. The Bertz CT molecular complexity index is 730. The minimum absolute atomic E-state index is 0.114. The van der Waals surface area contributed by atoms with Crippen LogP contribution in [0.1, 0.15) is 4.88 Å². The van der Waals surface area contributed by atoms with Gasteiger partial charge in [0.05, 0.1) is 11.9 Å². The topological polar surface area (TPSA) is 53.0 Å². The van der Waals surface area contributed by atoms with Gasteiger partial charge in [-0.3, -0.25) is 14.5 Å². The Morgan fingerprint density at radius 1 is 1.09 bits per heavy atom. The molecule has 1 fully saturated rings. The summed E-state index contributed by atoms with van der Waals surface area (Å²) in [6, 6.07) is 9.62. The molecule has 1 aliphatic rings. The quantitative estimate of drug-likeness (QED) is 0.814. The number of carbonyl (C=O) groups excluding carboxylic acids is 2. The van der Waals surface area contributed by atoms with Gasteiger partial charge in [-0.05, 0) is 23.6 Å². The van der Waals surface area contributed by atoms with E-state index in [2.05, 4.69) is 5.10 Å². The van der Waals surface area contributed by atoms with Gasteiger partial charge in [-0.1, -0.05) is 18.2 Å². The number of halogens is 1. The number of nitrogens with zero attached hydrogens (tertiary/aromatic N) is 3. The highest BCUT2D eigenvalue weighted by Crippen LogP contribution is 2.21. The average molecular weight is 317 g/mol. The van der Waals surface area contributed by atoms with Crippen LogP contribution < -0.4 is 4.90 Å². The molecule has 1 saturated heterocycles. The van der Waals surface area contributed by atoms with Gasteiger partial charge < -0.3 is 0 Å². The number of piperazine rings is 1. The van der Waals surface area contributed by atoms with Crippen molar-refractivity contribution in [3.63, 3.8) is 0 Å². The van der Waals surface area contributed by atoms with Gasteiger partial charge in [0, 0.05) is 4.88 Å². The molecule has 0 saturated carbocycles. The predicted octanol–water partition coefficient (Wildman–Crippen LogP) is 2.10. The van der Waals surface area contributed by atoms with Crippen LogP contribution >= 0.6 is 11.3 Å². The highest BCUT2D eigenvalue weighted by molar-refractivity contribution is 7.11. The van der Waals surface area contributed by atoms with Gasteiger partial charge in [0.1, 0.15) is 18.9 Å². The number of hydrogen-bond donors (Lipinski definition) is 0. The van der Waals surface area contributed by atoms with Crippen molar-refractivity contribution in [2.24, 2.45) is 5.10 Å². The fourth-order valence-corrected chi connectivity index (χ4v) is 2.67.